The molecule has 202 valence electrons. The molecule has 0 bridgehead atoms. The van der Waals surface area contributed by atoms with E-state index in [0.29, 0.717) is 0 Å². The van der Waals surface area contributed by atoms with Gasteiger partial charge < -0.3 is 0 Å². The number of aromatic nitrogens is 2. The number of nitrogens with zero attached hydrogens (tertiary/aromatic N) is 2. The summed E-state index contributed by atoms with van der Waals surface area (Å²) in [5.41, 5.74) is 6.68. The standard InChI is InChI=1S/C38H22N2S3/c1-5-13-27-23(9-1)37(24-10-2-6-14-28(24)39-27)35-21-19-33(42-35)31-17-18-32(41-31)34-20-22-36(43-34)38-25-11-3-7-15-29(25)40-30-16-8-4-12-26(30)38/h1-22H. The molecule has 0 N–H and O–H groups in total. The predicted molar refractivity (Wildman–Crippen MR) is 187 cm³/mol. The molecule has 0 unspecified atom stereocenters. The second-order valence-corrected chi connectivity index (χ2v) is 13.8. The van der Waals surface area contributed by atoms with Gasteiger partial charge in [-0.3, -0.25) is 0 Å². The molecular formula is C38H22N2S3. The lowest BCUT2D eigenvalue weighted by Crippen LogP contribution is -1.86. The number of rotatable bonds is 4. The number of benzene rings is 4. The third-order valence-electron chi connectivity index (χ3n) is 7.97. The SMILES string of the molecule is c1ccc2c(-c3ccc(-c4ccc(-c5ccc(-c6c7ccccc7nc7ccccc67)s5)s4)s3)c3ccccc3nc2c1. The molecule has 2 nitrogen and oxygen atoms in total. The zero-order valence-electron chi connectivity index (χ0n) is 22.8. The highest BCUT2D eigenvalue weighted by molar-refractivity contribution is 7.28. The first kappa shape index (κ1) is 24.9. The van der Waals surface area contributed by atoms with E-state index in [4.69, 9.17) is 9.97 Å². The average Bonchev–Trinajstić information content (AvgIpc) is 3.84. The summed E-state index contributed by atoms with van der Waals surface area (Å²) < 4.78 is 0. The van der Waals surface area contributed by atoms with Crippen molar-refractivity contribution in [1.29, 1.82) is 0 Å². The Morgan fingerprint density at radius 1 is 0.279 bits per heavy atom. The maximum atomic E-state index is 4.93. The highest BCUT2D eigenvalue weighted by Crippen LogP contribution is 2.46. The van der Waals surface area contributed by atoms with Gasteiger partial charge in [0.05, 0.1) is 22.1 Å². The fraction of sp³-hybridized carbons (Fsp3) is 0. The first-order valence-corrected chi connectivity index (χ1v) is 16.6. The number of hydrogen-bond acceptors (Lipinski definition) is 5. The van der Waals surface area contributed by atoms with Gasteiger partial charge in [0.2, 0.25) is 0 Å². The molecule has 5 heteroatoms. The van der Waals surface area contributed by atoms with Crippen LogP contribution in [-0.2, 0) is 0 Å². The Labute approximate surface area is 260 Å². The van der Waals surface area contributed by atoms with Crippen LogP contribution in [0.5, 0.6) is 0 Å². The Morgan fingerprint density at radius 3 is 0.860 bits per heavy atom. The van der Waals surface area contributed by atoms with Gasteiger partial charge in [0.1, 0.15) is 0 Å². The molecule has 4 aromatic carbocycles. The molecule has 9 rings (SSSR count). The summed E-state index contributed by atoms with van der Waals surface area (Å²) >= 11 is 5.59. The van der Waals surface area contributed by atoms with Gasteiger partial charge in [0.15, 0.2) is 0 Å². The monoisotopic (exact) mass is 602 g/mol. The summed E-state index contributed by atoms with van der Waals surface area (Å²) in [4.78, 5) is 17.6. The molecule has 0 aliphatic carbocycles. The minimum Gasteiger partial charge on any atom is -0.248 e. The van der Waals surface area contributed by atoms with Crippen LogP contribution in [-0.4, -0.2) is 9.97 Å². The lowest BCUT2D eigenvalue weighted by molar-refractivity contribution is 1.50. The lowest BCUT2D eigenvalue weighted by atomic mass is 10.0. The molecule has 9 aromatic rings. The number of para-hydroxylation sites is 4. The molecule has 43 heavy (non-hydrogen) atoms. The number of fused-ring (bicyclic) bond motifs is 4. The van der Waals surface area contributed by atoms with E-state index in [1.54, 1.807) is 0 Å². The quantitative estimate of drug-likeness (QED) is 0.187. The third-order valence-corrected chi connectivity index (χ3v) is 11.7. The summed E-state index contributed by atoms with van der Waals surface area (Å²) in [6.07, 6.45) is 0. The van der Waals surface area contributed by atoms with Crippen LogP contribution >= 0.6 is 34.0 Å². The molecule has 5 aromatic heterocycles. The van der Waals surface area contributed by atoms with Crippen molar-refractivity contribution in [3.05, 3.63) is 133 Å². The zero-order valence-corrected chi connectivity index (χ0v) is 25.3. The Hall–Kier alpha value is -4.68. The van der Waals surface area contributed by atoms with Gasteiger partial charge in [-0.05, 0) is 60.7 Å². The first-order valence-electron chi connectivity index (χ1n) is 14.2. The Morgan fingerprint density at radius 2 is 0.535 bits per heavy atom. The molecule has 0 radical (unpaired) electrons. The maximum absolute atomic E-state index is 4.93. The fourth-order valence-corrected chi connectivity index (χ4v) is 9.37. The number of thiophene rings is 3. The van der Waals surface area contributed by atoms with Gasteiger partial charge in [-0.25, -0.2) is 9.97 Å². The lowest BCUT2D eigenvalue weighted by Gasteiger charge is -2.09. The average molecular weight is 603 g/mol. The van der Waals surface area contributed by atoms with Gasteiger partial charge in [0, 0.05) is 61.9 Å². The summed E-state index contributed by atoms with van der Waals surface area (Å²) in [6.45, 7) is 0. The largest absolute Gasteiger partial charge is 0.248 e. The molecular weight excluding hydrogens is 581 g/mol. The van der Waals surface area contributed by atoms with Crippen molar-refractivity contribution >= 4 is 77.6 Å². The van der Waals surface area contributed by atoms with E-state index in [1.165, 1.54) is 61.9 Å². The zero-order chi connectivity index (χ0) is 28.3. The normalized spacial score (nSPS) is 11.7. The third kappa shape index (κ3) is 4.12. The van der Waals surface area contributed by atoms with Crippen molar-refractivity contribution < 1.29 is 0 Å². The molecule has 0 spiro atoms. The maximum Gasteiger partial charge on any atom is 0.0716 e. The van der Waals surface area contributed by atoms with E-state index >= 15 is 0 Å². The second-order valence-electron chi connectivity index (χ2n) is 10.5. The van der Waals surface area contributed by atoms with Crippen LogP contribution in [0.15, 0.2) is 133 Å². The fourth-order valence-electron chi connectivity index (χ4n) is 6.02. The second kappa shape index (κ2) is 9.96. The van der Waals surface area contributed by atoms with Gasteiger partial charge in [-0.15, -0.1) is 34.0 Å². The molecule has 0 saturated carbocycles. The summed E-state index contributed by atoms with van der Waals surface area (Å²) in [7, 11) is 0. The highest BCUT2D eigenvalue weighted by atomic mass is 32.1. The van der Waals surface area contributed by atoms with E-state index < -0.39 is 0 Å². The van der Waals surface area contributed by atoms with E-state index in [0.717, 1.165) is 22.1 Å². The van der Waals surface area contributed by atoms with Crippen molar-refractivity contribution in [2.75, 3.05) is 0 Å². The Bertz CT molecular complexity index is 2200. The topological polar surface area (TPSA) is 25.8 Å². The Balaban J connectivity index is 1.11. The molecule has 0 fully saturated rings. The molecule has 0 aliphatic rings. The van der Waals surface area contributed by atoms with Crippen molar-refractivity contribution in [2.45, 2.75) is 0 Å². The summed E-state index contributed by atoms with van der Waals surface area (Å²) in [5, 5.41) is 4.79. The highest BCUT2D eigenvalue weighted by Gasteiger charge is 2.17. The smallest absolute Gasteiger partial charge is 0.0716 e. The molecule has 5 heterocycles. The minimum absolute atomic E-state index is 1.04. The van der Waals surface area contributed by atoms with Crippen molar-refractivity contribution in [3.8, 4) is 40.4 Å². The van der Waals surface area contributed by atoms with E-state index in [1.807, 2.05) is 34.0 Å². The van der Waals surface area contributed by atoms with Crippen LogP contribution in [0.2, 0.25) is 0 Å². The number of pyridine rings is 2. The van der Waals surface area contributed by atoms with E-state index in [-0.39, 0.29) is 0 Å². The first-order chi connectivity index (χ1) is 21.3. The van der Waals surface area contributed by atoms with Crippen LogP contribution < -0.4 is 0 Å². The van der Waals surface area contributed by atoms with Crippen LogP contribution in [0.3, 0.4) is 0 Å². The van der Waals surface area contributed by atoms with Crippen LogP contribution in [0.4, 0.5) is 0 Å². The van der Waals surface area contributed by atoms with Crippen molar-refractivity contribution in [2.24, 2.45) is 0 Å². The molecule has 0 amide bonds. The summed E-state index contributed by atoms with van der Waals surface area (Å²) in [5.74, 6) is 0. The Kier molecular flexibility index (Phi) is 5.76. The van der Waals surface area contributed by atoms with Crippen LogP contribution in [0, 0.1) is 0 Å². The molecule has 0 saturated heterocycles. The van der Waals surface area contributed by atoms with Crippen LogP contribution in [0.25, 0.3) is 84.0 Å². The van der Waals surface area contributed by atoms with E-state index in [9.17, 15) is 0 Å². The summed E-state index contributed by atoms with van der Waals surface area (Å²) in [6, 6.07) is 47.5. The van der Waals surface area contributed by atoms with Crippen molar-refractivity contribution in [3.63, 3.8) is 0 Å². The van der Waals surface area contributed by atoms with Gasteiger partial charge in [-0.1, -0.05) is 72.8 Å². The number of hydrogen-bond donors (Lipinski definition) is 0. The molecule has 0 atom stereocenters. The van der Waals surface area contributed by atoms with E-state index in [2.05, 4.69) is 133 Å². The minimum atomic E-state index is 1.04. The van der Waals surface area contributed by atoms with Crippen molar-refractivity contribution in [1.82, 2.24) is 9.97 Å². The predicted octanol–water partition coefficient (Wildman–Crippen LogP) is 11.9. The van der Waals surface area contributed by atoms with Crippen LogP contribution in [0.1, 0.15) is 0 Å². The molecule has 0 aliphatic heterocycles. The van der Waals surface area contributed by atoms with Gasteiger partial charge >= 0.3 is 0 Å². The van der Waals surface area contributed by atoms with Gasteiger partial charge in [0.25, 0.3) is 0 Å². The van der Waals surface area contributed by atoms with Gasteiger partial charge in [-0.2, -0.15) is 0 Å².